The second kappa shape index (κ2) is 4.80. The molecule has 3 N–H and O–H groups in total. The molecule has 2 rings (SSSR count). The normalized spacial score (nSPS) is 24.6. The average molecular weight is 244 g/mol. The number of methoxy groups -OCH3 is 1. The van der Waals surface area contributed by atoms with Crippen molar-refractivity contribution in [3.05, 3.63) is 5.28 Å². The van der Waals surface area contributed by atoms with E-state index < -0.39 is 0 Å². The maximum absolute atomic E-state index is 5.69. The summed E-state index contributed by atoms with van der Waals surface area (Å²) in [4.78, 5) is 11.6. The number of hydrogen-bond acceptors (Lipinski definition) is 6. The molecule has 88 valence electrons. The van der Waals surface area contributed by atoms with Crippen molar-refractivity contribution < 1.29 is 4.74 Å². The van der Waals surface area contributed by atoms with E-state index in [9.17, 15) is 0 Å². The Balaban J connectivity index is 2.08. The van der Waals surface area contributed by atoms with Crippen LogP contribution in [0, 0.1) is 0 Å². The van der Waals surface area contributed by atoms with E-state index in [4.69, 9.17) is 22.1 Å². The molecule has 0 bridgehead atoms. The number of aromatic nitrogens is 3. The van der Waals surface area contributed by atoms with Crippen LogP contribution in [-0.4, -0.2) is 34.2 Å². The fourth-order valence-corrected chi connectivity index (χ4v) is 2.14. The number of halogens is 1. The molecule has 2 atom stereocenters. The molecule has 2 unspecified atom stereocenters. The lowest BCUT2D eigenvalue weighted by atomic mass is 10.2. The van der Waals surface area contributed by atoms with Crippen LogP contribution in [0.15, 0.2) is 0 Å². The Bertz CT molecular complexity index is 355. The van der Waals surface area contributed by atoms with Crippen LogP contribution < -0.4 is 11.1 Å². The first-order valence-electron chi connectivity index (χ1n) is 5.15. The van der Waals surface area contributed by atoms with Gasteiger partial charge in [-0.2, -0.15) is 15.0 Å². The molecular weight excluding hydrogens is 230 g/mol. The van der Waals surface area contributed by atoms with Gasteiger partial charge in [0.15, 0.2) is 0 Å². The molecule has 16 heavy (non-hydrogen) atoms. The fraction of sp³-hybridized carbons (Fsp3) is 0.667. The van der Waals surface area contributed by atoms with Gasteiger partial charge in [0.25, 0.3) is 0 Å². The smallest absolute Gasteiger partial charge is 0.229 e. The van der Waals surface area contributed by atoms with Crippen molar-refractivity contribution in [3.8, 4) is 0 Å². The Morgan fingerprint density at radius 1 is 1.38 bits per heavy atom. The third-order valence-electron chi connectivity index (χ3n) is 2.70. The van der Waals surface area contributed by atoms with Gasteiger partial charge in [-0.25, -0.2) is 0 Å². The first kappa shape index (κ1) is 11.3. The highest BCUT2D eigenvalue weighted by molar-refractivity contribution is 6.28. The lowest BCUT2D eigenvalue weighted by Gasteiger charge is -2.19. The lowest BCUT2D eigenvalue weighted by Crippen LogP contribution is -2.30. The van der Waals surface area contributed by atoms with E-state index in [0.717, 1.165) is 19.3 Å². The van der Waals surface area contributed by atoms with Gasteiger partial charge in [0.05, 0.1) is 12.1 Å². The highest BCUT2D eigenvalue weighted by Crippen LogP contribution is 2.24. The average Bonchev–Trinajstić information content (AvgIpc) is 2.63. The molecule has 1 saturated carbocycles. The third kappa shape index (κ3) is 2.51. The van der Waals surface area contributed by atoms with Crippen molar-refractivity contribution in [2.45, 2.75) is 31.4 Å². The number of nitrogens with zero attached hydrogens (tertiary/aromatic N) is 3. The molecule has 6 nitrogen and oxygen atoms in total. The van der Waals surface area contributed by atoms with Crippen LogP contribution in [0.1, 0.15) is 19.3 Å². The van der Waals surface area contributed by atoms with Gasteiger partial charge < -0.3 is 15.8 Å². The second-order valence-corrected chi connectivity index (χ2v) is 4.08. The number of nitrogen functional groups attached to an aromatic ring is 1. The summed E-state index contributed by atoms with van der Waals surface area (Å²) < 4.78 is 5.36. The quantitative estimate of drug-likeness (QED) is 0.827. The molecule has 0 radical (unpaired) electrons. The molecule has 7 heteroatoms. The van der Waals surface area contributed by atoms with Crippen molar-refractivity contribution in [2.24, 2.45) is 0 Å². The van der Waals surface area contributed by atoms with Crippen LogP contribution >= 0.6 is 11.6 Å². The minimum absolute atomic E-state index is 0.0990. The summed E-state index contributed by atoms with van der Waals surface area (Å²) in [6, 6.07) is 0.211. The zero-order valence-electron chi connectivity index (χ0n) is 8.98. The monoisotopic (exact) mass is 243 g/mol. The van der Waals surface area contributed by atoms with E-state index in [-0.39, 0.29) is 23.4 Å². The number of nitrogens with one attached hydrogen (secondary N) is 1. The van der Waals surface area contributed by atoms with Crippen LogP contribution in [0.3, 0.4) is 0 Å². The van der Waals surface area contributed by atoms with Crippen molar-refractivity contribution in [2.75, 3.05) is 18.2 Å². The Hall–Kier alpha value is -1.14. The largest absolute Gasteiger partial charge is 0.379 e. The predicted octanol–water partition coefficient (Wildman–Crippen LogP) is 1.09. The van der Waals surface area contributed by atoms with Gasteiger partial charge in [-0.05, 0) is 30.9 Å². The molecule has 1 aliphatic carbocycles. The van der Waals surface area contributed by atoms with Crippen molar-refractivity contribution in [1.82, 2.24) is 15.0 Å². The molecular formula is C9H14ClN5O. The molecule has 1 heterocycles. The summed E-state index contributed by atoms with van der Waals surface area (Å²) in [6.45, 7) is 0. The second-order valence-electron chi connectivity index (χ2n) is 3.74. The molecule has 1 fully saturated rings. The number of hydrogen-bond donors (Lipinski definition) is 2. The first-order valence-corrected chi connectivity index (χ1v) is 5.53. The van der Waals surface area contributed by atoms with E-state index in [2.05, 4.69) is 20.3 Å². The number of nitrogens with two attached hydrogens (primary N) is 1. The topological polar surface area (TPSA) is 86.0 Å². The molecule has 0 saturated heterocycles. The molecule has 1 aromatic rings. The summed E-state index contributed by atoms with van der Waals surface area (Å²) in [6.07, 6.45) is 3.39. The van der Waals surface area contributed by atoms with E-state index >= 15 is 0 Å². The Kier molecular flexibility index (Phi) is 3.40. The Morgan fingerprint density at radius 3 is 2.88 bits per heavy atom. The van der Waals surface area contributed by atoms with Crippen molar-refractivity contribution >= 4 is 23.5 Å². The van der Waals surface area contributed by atoms with Crippen LogP contribution in [-0.2, 0) is 4.74 Å². The molecule has 1 aliphatic rings. The fourth-order valence-electron chi connectivity index (χ4n) is 1.97. The van der Waals surface area contributed by atoms with Gasteiger partial charge in [-0.15, -0.1) is 0 Å². The summed E-state index contributed by atoms with van der Waals surface area (Å²) in [5, 5.41) is 3.27. The maximum atomic E-state index is 5.69. The van der Waals surface area contributed by atoms with Gasteiger partial charge in [0.2, 0.25) is 17.2 Å². The number of ether oxygens (including phenoxy) is 1. The Morgan fingerprint density at radius 2 is 2.19 bits per heavy atom. The summed E-state index contributed by atoms with van der Waals surface area (Å²) in [5.41, 5.74) is 5.48. The molecule has 1 aromatic heterocycles. The van der Waals surface area contributed by atoms with E-state index in [1.807, 2.05) is 0 Å². The highest BCUT2D eigenvalue weighted by Gasteiger charge is 2.27. The Labute approximate surface area is 98.6 Å². The van der Waals surface area contributed by atoms with E-state index in [1.165, 1.54) is 0 Å². The molecule has 0 aliphatic heterocycles. The maximum Gasteiger partial charge on any atom is 0.229 e. The minimum atomic E-state index is 0.0990. The zero-order valence-corrected chi connectivity index (χ0v) is 9.74. The van der Waals surface area contributed by atoms with Gasteiger partial charge in [-0.3, -0.25) is 0 Å². The molecule has 0 spiro atoms. The first-order chi connectivity index (χ1) is 7.69. The van der Waals surface area contributed by atoms with Crippen LogP contribution in [0.4, 0.5) is 11.9 Å². The lowest BCUT2D eigenvalue weighted by molar-refractivity contribution is 0.101. The SMILES string of the molecule is COC1CCCC1Nc1nc(N)nc(Cl)n1. The van der Waals surface area contributed by atoms with Crippen LogP contribution in [0.25, 0.3) is 0 Å². The van der Waals surface area contributed by atoms with Crippen LogP contribution in [0.5, 0.6) is 0 Å². The zero-order chi connectivity index (χ0) is 11.5. The predicted molar refractivity (Wildman–Crippen MR) is 61.3 cm³/mol. The third-order valence-corrected chi connectivity index (χ3v) is 2.86. The van der Waals surface area contributed by atoms with E-state index in [0.29, 0.717) is 5.95 Å². The van der Waals surface area contributed by atoms with E-state index in [1.54, 1.807) is 7.11 Å². The summed E-state index contributed by atoms with van der Waals surface area (Å²) in [7, 11) is 1.71. The summed E-state index contributed by atoms with van der Waals surface area (Å²) in [5.74, 6) is 0.529. The van der Waals surface area contributed by atoms with Gasteiger partial charge in [0.1, 0.15) is 0 Å². The van der Waals surface area contributed by atoms with Gasteiger partial charge >= 0.3 is 0 Å². The van der Waals surface area contributed by atoms with Crippen LogP contribution in [0.2, 0.25) is 5.28 Å². The summed E-state index contributed by atoms with van der Waals surface area (Å²) >= 11 is 5.69. The molecule has 0 amide bonds. The van der Waals surface area contributed by atoms with Crippen molar-refractivity contribution in [3.63, 3.8) is 0 Å². The standard InChI is InChI=1S/C9H14ClN5O/c1-16-6-4-2-3-5(6)12-9-14-7(10)13-8(11)15-9/h5-6H,2-4H2,1H3,(H3,11,12,13,14,15). The van der Waals surface area contributed by atoms with Gasteiger partial charge in [0, 0.05) is 7.11 Å². The molecule has 0 aromatic carbocycles. The van der Waals surface area contributed by atoms with Crippen molar-refractivity contribution in [1.29, 1.82) is 0 Å². The van der Waals surface area contributed by atoms with Gasteiger partial charge in [-0.1, -0.05) is 0 Å². The number of anilines is 2. The number of rotatable bonds is 3. The highest BCUT2D eigenvalue weighted by atomic mass is 35.5. The minimum Gasteiger partial charge on any atom is -0.379 e.